The van der Waals surface area contributed by atoms with E-state index in [2.05, 4.69) is 11.4 Å². The lowest BCUT2D eigenvalue weighted by Gasteiger charge is -2.20. The van der Waals surface area contributed by atoms with Crippen LogP contribution in [0.15, 0.2) is 60.8 Å². The standard InChI is InChI=1S/C25H26N4O2/c1-3-28(19(2)30)18-21-9-4-6-11-23(21)27-25(31)14-13-20-17-29(16-8-15-26)24-12-7-5-10-22(20)24/h4-7,9-14,17H,3,8,16,18H2,1-2H3,(H,27,31)/b14-13+. The Balaban J connectivity index is 1.78. The van der Waals surface area contributed by atoms with E-state index in [4.69, 9.17) is 5.26 Å². The number of nitrogens with zero attached hydrogens (tertiary/aromatic N) is 3. The summed E-state index contributed by atoms with van der Waals surface area (Å²) in [6, 6.07) is 17.6. The van der Waals surface area contributed by atoms with Crippen molar-refractivity contribution in [3.63, 3.8) is 0 Å². The van der Waals surface area contributed by atoms with Crippen LogP contribution in [-0.2, 0) is 22.7 Å². The zero-order chi connectivity index (χ0) is 22.2. The van der Waals surface area contributed by atoms with Crippen molar-refractivity contribution in [1.82, 2.24) is 9.47 Å². The van der Waals surface area contributed by atoms with E-state index < -0.39 is 0 Å². The van der Waals surface area contributed by atoms with Crippen LogP contribution < -0.4 is 5.32 Å². The molecule has 6 heteroatoms. The van der Waals surface area contributed by atoms with Gasteiger partial charge in [-0.2, -0.15) is 5.26 Å². The molecule has 1 N–H and O–H groups in total. The molecule has 0 unspecified atom stereocenters. The lowest BCUT2D eigenvalue weighted by atomic mass is 10.1. The summed E-state index contributed by atoms with van der Waals surface area (Å²) in [5.74, 6) is -0.247. The van der Waals surface area contributed by atoms with Crippen molar-refractivity contribution in [2.75, 3.05) is 11.9 Å². The molecular weight excluding hydrogens is 388 g/mol. The molecule has 0 atom stereocenters. The van der Waals surface area contributed by atoms with Gasteiger partial charge in [0.15, 0.2) is 0 Å². The SMILES string of the molecule is CCN(Cc1ccccc1NC(=O)/C=C/c1cn(CCC#N)c2ccccc12)C(C)=O. The zero-order valence-corrected chi connectivity index (χ0v) is 17.8. The van der Waals surface area contributed by atoms with Gasteiger partial charge in [0.1, 0.15) is 0 Å². The molecule has 2 aromatic carbocycles. The number of aryl methyl sites for hydroxylation is 1. The fraction of sp³-hybridized carbons (Fsp3) is 0.240. The van der Waals surface area contributed by atoms with Crippen molar-refractivity contribution < 1.29 is 9.59 Å². The summed E-state index contributed by atoms with van der Waals surface area (Å²) in [7, 11) is 0. The van der Waals surface area contributed by atoms with Crippen LogP contribution in [0.1, 0.15) is 31.4 Å². The van der Waals surface area contributed by atoms with Crippen LogP contribution in [0.4, 0.5) is 5.69 Å². The number of carbonyl (C=O) groups excluding carboxylic acids is 2. The fourth-order valence-electron chi connectivity index (χ4n) is 3.53. The summed E-state index contributed by atoms with van der Waals surface area (Å²) >= 11 is 0. The lowest BCUT2D eigenvalue weighted by Crippen LogP contribution is -2.28. The molecule has 1 aromatic heterocycles. The van der Waals surface area contributed by atoms with E-state index in [9.17, 15) is 9.59 Å². The predicted octanol–water partition coefficient (Wildman–Crippen LogP) is 4.58. The first-order valence-corrected chi connectivity index (χ1v) is 10.3. The second-order valence-electron chi connectivity index (χ2n) is 7.22. The number of anilines is 1. The van der Waals surface area contributed by atoms with Gasteiger partial charge in [-0.3, -0.25) is 9.59 Å². The molecule has 6 nitrogen and oxygen atoms in total. The van der Waals surface area contributed by atoms with E-state index in [-0.39, 0.29) is 11.8 Å². The molecule has 0 spiro atoms. The molecule has 0 fully saturated rings. The monoisotopic (exact) mass is 414 g/mol. The highest BCUT2D eigenvalue weighted by molar-refractivity contribution is 6.04. The Hall–Kier alpha value is -3.85. The van der Waals surface area contributed by atoms with Gasteiger partial charge in [-0.05, 0) is 30.7 Å². The van der Waals surface area contributed by atoms with Crippen molar-refractivity contribution in [3.05, 3.63) is 71.9 Å². The molecule has 0 aliphatic heterocycles. The Labute approximate surface area is 182 Å². The van der Waals surface area contributed by atoms with E-state index in [1.807, 2.05) is 66.2 Å². The van der Waals surface area contributed by atoms with Gasteiger partial charge >= 0.3 is 0 Å². The number of hydrogen-bond donors (Lipinski definition) is 1. The highest BCUT2D eigenvalue weighted by atomic mass is 16.2. The second kappa shape index (κ2) is 10.3. The van der Waals surface area contributed by atoms with Crippen LogP contribution >= 0.6 is 0 Å². The van der Waals surface area contributed by atoms with Gasteiger partial charge in [0, 0.05) is 61.0 Å². The number of hydrogen-bond acceptors (Lipinski definition) is 3. The zero-order valence-electron chi connectivity index (χ0n) is 17.8. The van der Waals surface area contributed by atoms with Crippen LogP contribution in [0, 0.1) is 11.3 Å². The summed E-state index contributed by atoms with van der Waals surface area (Å²) in [6.07, 6.45) is 5.69. The van der Waals surface area contributed by atoms with Crippen LogP contribution in [0.5, 0.6) is 0 Å². The van der Waals surface area contributed by atoms with E-state index in [1.165, 1.54) is 6.08 Å². The van der Waals surface area contributed by atoms with Gasteiger partial charge in [0.2, 0.25) is 11.8 Å². The Morgan fingerprint density at radius 1 is 1.16 bits per heavy atom. The third-order valence-corrected chi connectivity index (χ3v) is 5.16. The molecule has 0 bridgehead atoms. The van der Waals surface area contributed by atoms with Crippen molar-refractivity contribution in [2.24, 2.45) is 0 Å². The van der Waals surface area contributed by atoms with Crippen LogP contribution in [0.3, 0.4) is 0 Å². The summed E-state index contributed by atoms with van der Waals surface area (Å²) in [6.45, 7) is 5.12. The van der Waals surface area contributed by atoms with Crippen molar-refractivity contribution >= 4 is 34.5 Å². The number of nitrogens with one attached hydrogen (secondary N) is 1. The average Bonchev–Trinajstić information content (AvgIpc) is 3.13. The van der Waals surface area contributed by atoms with Gasteiger partial charge < -0.3 is 14.8 Å². The minimum Gasteiger partial charge on any atom is -0.346 e. The van der Waals surface area contributed by atoms with E-state index >= 15 is 0 Å². The van der Waals surface area contributed by atoms with E-state index in [0.717, 1.165) is 22.0 Å². The minimum atomic E-state index is -0.243. The lowest BCUT2D eigenvalue weighted by molar-refractivity contribution is -0.129. The first-order valence-electron chi connectivity index (χ1n) is 10.3. The van der Waals surface area contributed by atoms with Gasteiger partial charge in [0.25, 0.3) is 0 Å². The molecule has 3 aromatic rings. The van der Waals surface area contributed by atoms with E-state index in [1.54, 1.807) is 17.9 Å². The van der Waals surface area contributed by atoms with Crippen molar-refractivity contribution in [3.8, 4) is 6.07 Å². The summed E-state index contributed by atoms with van der Waals surface area (Å²) in [5.41, 5.74) is 3.53. The molecule has 158 valence electrons. The van der Waals surface area contributed by atoms with Crippen LogP contribution in [0.25, 0.3) is 17.0 Å². The highest BCUT2D eigenvalue weighted by Crippen LogP contribution is 2.23. The number of carbonyl (C=O) groups is 2. The molecule has 0 saturated heterocycles. The predicted molar refractivity (Wildman–Crippen MR) is 123 cm³/mol. The molecule has 0 aliphatic rings. The van der Waals surface area contributed by atoms with Crippen LogP contribution in [-0.4, -0.2) is 27.8 Å². The first kappa shape index (κ1) is 21.8. The normalized spacial score (nSPS) is 10.9. The number of para-hydroxylation sites is 2. The number of benzene rings is 2. The highest BCUT2D eigenvalue weighted by Gasteiger charge is 2.11. The molecule has 1 heterocycles. The quantitative estimate of drug-likeness (QED) is 0.548. The molecule has 0 saturated carbocycles. The van der Waals surface area contributed by atoms with Crippen LogP contribution in [0.2, 0.25) is 0 Å². The topological polar surface area (TPSA) is 78.1 Å². The smallest absolute Gasteiger partial charge is 0.248 e. The number of amides is 2. The Morgan fingerprint density at radius 2 is 1.90 bits per heavy atom. The molecule has 2 amide bonds. The maximum Gasteiger partial charge on any atom is 0.248 e. The second-order valence-corrected chi connectivity index (χ2v) is 7.22. The van der Waals surface area contributed by atoms with Crippen molar-refractivity contribution in [1.29, 1.82) is 5.26 Å². The van der Waals surface area contributed by atoms with Gasteiger partial charge in [-0.1, -0.05) is 36.4 Å². The fourth-order valence-corrected chi connectivity index (χ4v) is 3.53. The third-order valence-electron chi connectivity index (χ3n) is 5.16. The summed E-state index contributed by atoms with van der Waals surface area (Å²) in [5, 5.41) is 12.9. The molecule has 3 rings (SSSR count). The number of rotatable bonds is 8. The molecule has 31 heavy (non-hydrogen) atoms. The Morgan fingerprint density at radius 3 is 2.65 bits per heavy atom. The Bertz CT molecular complexity index is 1150. The maximum absolute atomic E-state index is 12.6. The summed E-state index contributed by atoms with van der Waals surface area (Å²) < 4.78 is 2.03. The number of aromatic nitrogens is 1. The van der Waals surface area contributed by atoms with Gasteiger partial charge in [-0.15, -0.1) is 0 Å². The van der Waals surface area contributed by atoms with Gasteiger partial charge in [-0.25, -0.2) is 0 Å². The maximum atomic E-state index is 12.6. The largest absolute Gasteiger partial charge is 0.346 e. The third kappa shape index (κ3) is 5.40. The number of fused-ring (bicyclic) bond motifs is 1. The summed E-state index contributed by atoms with van der Waals surface area (Å²) in [4.78, 5) is 26.1. The number of nitriles is 1. The van der Waals surface area contributed by atoms with Crippen molar-refractivity contribution in [2.45, 2.75) is 33.4 Å². The minimum absolute atomic E-state index is 0.00341. The first-order chi connectivity index (χ1) is 15.0. The molecule has 0 aliphatic carbocycles. The molecular formula is C25H26N4O2. The molecule has 0 radical (unpaired) electrons. The average molecular weight is 415 g/mol. The van der Waals surface area contributed by atoms with Gasteiger partial charge in [0.05, 0.1) is 12.5 Å². The van der Waals surface area contributed by atoms with E-state index in [0.29, 0.717) is 31.7 Å². The Kier molecular flexibility index (Phi) is 7.23.